The number of nitrogens with zero attached hydrogens (tertiary/aromatic N) is 4. The average molecular weight is 373 g/mol. The highest BCUT2D eigenvalue weighted by Gasteiger charge is 2.18. The second-order valence-electron chi connectivity index (χ2n) is 4.35. The van der Waals surface area contributed by atoms with Crippen LogP contribution in [0.15, 0.2) is 12.4 Å². The van der Waals surface area contributed by atoms with Crippen LogP contribution in [-0.4, -0.2) is 37.8 Å². The standard InChI is InChI=1S/C12H16IN5O/c1-4-18-7-9(8(2)16-18)6-17(3)12(19)11-10(13)5-14-15-11/h5,7H,4,6H2,1-3H3,(H,14,15). The fourth-order valence-electron chi connectivity index (χ4n) is 1.82. The molecule has 0 unspecified atom stereocenters. The Bertz CT molecular complexity index is 589. The van der Waals surface area contributed by atoms with Gasteiger partial charge in [-0.15, -0.1) is 0 Å². The highest BCUT2D eigenvalue weighted by Crippen LogP contribution is 2.13. The molecule has 0 radical (unpaired) electrons. The third-order valence-electron chi connectivity index (χ3n) is 2.93. The third kappa shape index (κ3) is 2.96. The lowest BCUT2D eigenvalue weighted by atomic mass is 10.2. The van der Waals surface area contributed by atoms with E-state index in [0.29, 0.717) is 12.2 Å². The monoisotopic (exact) mass is 373 g/mol. The lowest BCUT2D eigenvalue weighted by molar-refractivity contribution is 0.0778. The van der Waals surface area contributed by atoms with Crippen molar-refractivity contribution in [3.8, 4) is 0 Å². The smallest absolute Gasteiger partial charge is 0.273 e. The van der Waals surface area contributed by atoms with Crippen molar-refractivity contribution in [2.24, 2.45) is 0 Å². The van der Waals surface area contributed by atoms with Gasteiger partial charge in [0.1, 0.15) is 5.69 Å². The maximum atomic E-state index is 12.2. The molecule has 0 aliphatic heterocycles. The summed E-state index contributed by atoms with van der Waals surface area (Å²) < 4.78 is 2.71. The number of H-pyrrole nitrogens is 1. The summed E-state index contributed by atoms with van der Waals surface area (Å²) in [5.41, 5.74) is 2.55. The molecule has 2 aromatic heterocycles. The normalized spacial score (nSPS) is 10.7. The molecule has 0 aliphatic carbocycles. The van der Waals surface area contributed by atoms with Crippen molar-refractivity contribution in [1.82, 2.24) is 24.9 Å². The minimum Gasteiger partial charge on any atom is -0.336 e. The zero-order chi connectivity index (χ0) is 14.0. The molecule has 0 aliphatic rings. The first-order chi connectivity index (χ1) is 9.02. The number of aromatic amines is 1. The molecule has 7 heteroatoms. The van der Waals surface area contributed by atoms with Crippen molar-refractivity contribution in [3.63, 3.8) is 0 Å². The summed E-state index contributed by atoms with van der Waals surface area (Å²) in [6.07, 6.45) is 3.62. The van der Waals surface area contributed by atoms with Gasteiger partial charge in [-0.2, -0.15) is 10.2 Å². The molecule has 19 heavy (non-hydrogen) atoms. The Morgan fingerprint density at radius 3 is 2.84 bits per heavy atom. The molecule has 102 valence electrons. The number of carbonyl (C=O) groups is 1. The molecule has 2 heterocycles. The van der Waals surface area contributed by atoms with Gasteiger partial charge < -0.3 is 4.90 Å². The molecule has 2 rings (SSSR count). The van der Waals surface area contributed by atoms with Crippen LogP contribution in [0.1, 0.15) is 28.7 Å². The number of hydrogen-bond acceptors (Lipinski definition) is 3. The summed E-state index contributed by atoms with van der Waals surface area (Å²) in [5, 5.41) is 11.0. The van der Waals surface area contributed by atoms with Crippen LogP contribution in [0.3, 0.4) is 0 Å². The lowest BCUT2D eigenvalue weighted by Gasteiger charge is -2.15. The number of amides is 1. The minimum absolute atomic E-state index is 0.0643. The largest absolute Gasteiger partial charge is 0.336 e. The Labute approximate surface area is 125 Å². The Hall–Kier alpha value is -1.38. The second kappa shape index (κ2) is 5.72. The fraction of sp³-hybridized carbons (Fsp3) is 0.417. The van der Waals surface area contributed by atoms with E-state index in [9.17, 15) is 4.79 Å². The summed E-state index contributed by atoms with van der Waals surface area (Å²) >= 11 is 2.09. The molecule has 0 atom stereocenters. The molecule has 1 amide bonds. The van der Waals surface area contributed by atoms with Gasteiger partial charge in [0.05, 0.1) is 15.5 Å². The molecule has 2 aromatic rings. The summed E-state index contributed by atoms with van der Waals surface area (Å²) in [6, 6.07) is 0. The first kappa shape index (κ1) is 14.0. The number of aromatic nitrogens is 4. The van der Waals surface area contributed by atoms with Gasteiger partial charge in [0.25, 0.3) is 5.91 Å². The van der Waals surface area contributed by atoms with Gasteiger partial charge in [-0.05, 0) is 36.4 Å². The van der Waals surface area contributed by atoms with Crippen molar-refractivity contribution in [3.05, 3.63) is 32.9 Å². The maximum absolute atomic E-state index is 12.2. The van der Waals surface area contributed by atoms with Gasteiger partial charge in [0.15, 0.2) is 0 Å². The highest BCUT2D eigenvalue weighted by atomic mass is 127. The minimum atomic E-state index is -0.0643. The molecular formula is C12H16IN5O. The van der Waals surface area contributed by atoms with Crippen molar-refractivity contribution < 1.29 is 4.79 Å². The van der Waals surface area contributed by atoms with E-state index >= 15 is 0 Å². The first-order valence-corrected chi connectivity index (χ1v) is 7.08. The molecular weight excluding hydrogens is 357 g/mol. The molecule has 0 saturated heterocycles. The van der Waals surface area contributed by atoms with Crippen LogP contribution in [0.5, 0.6) is 0 Å². The third-order valence-corrected chi connectivity index (χ3v) is 3.75. The van der Waals surface area contributed by atoms with Crippen LogP contribution in [0, 0.1) is 10.5 Å². The van der Waals surface area contributed by atoms with Crippen LogP contribution in [0.4, 0.5) is 0 Å². The molecule has 0 spiro atoms. The molecule has 0 bridgehead atoms. The van der Waals surface area contributed by atoms with E-state index in [2.05, 4.69) is 37.9 Å². The predicted octanol–water partition coefficient (Wildman–Crippen LogP) is 1.81. The van der Waals surface area contributed by atoms with Gasteiger partial charge in [0, 0.05) is 31.9 Å². The first-order valence-electron chi connectivity index (χ1n) is 6.00. The zero-order valence-corrected chi connectivity index (χ0v) is 13.3. The summed E-state index contributed by atoms with van der Waals surface area (Å²) in [4.78, 5) is 13.9. The zero-order valence-electron chi connectivity index (χ0n) is 11.1. The maximum Gasteiger partial charge on any atom is 0.273 e. The second-order valence-corrected chi connectivity index (χ2v) is 5.51. The quantitative estimate of drug-likeness (QED) is 0.832. The van der Waals surface area contributed by atoms with Gasteiger partial charge in [0.2, 0.25) is 0 Å². The van der Waals surface area contributed by atoms with Crippen molar-refractivity contribution in [2.75, 3.05) is 7.05 Å². The molecule has 0 saturated carbocycles. The van der Waals surface area contributed by atoms with Crippen molar-refractivity contribution in [2.45, 2.75) is 26.9 Å². The lowest BCUT2D eigenvalue weighted by Crippen LogP contribution is -2.27. The number of halogens is 1. The summed E-state index contributed by atoms with van der Waals surface area (Å²) in [6.45, 7) is 5.37. The summed E-state index contributed by atoms with van der Waals surface area (Å²) in [7, 11) is 1.78. The molecule has 6 nitrogen and oxygen atoms in total. The Balaban J connectivity index is 2.12. The van der Waals surface area contributed by atoms with Gasteiger partial charge in [-0.1, -0.05) is 0 Å². The molecule has 0 fully saturated rings. The van der Waals surface area contributed by atoms with Gasteiger partial charge in [-0.3, -0.25) is 14.6 Å². The van der Waals surface area contributed by atoms with Crippen molar-refractivity contribution >= 4 is 28.5 Å². The molecule has 0 aromatic carbocycles. The number of rotatable bonds is 4. The van der Waals surface area contributed by atoms with Gasteiger partial charge in [-0.25, -0.2) is 0 Å². The number of nitrogens with one attached hydrogen (secondary N) is 1. The molecule has 1 N–H and O–H groups in total. The van der Waals surface area contributed by atoms with Crippen LogP contribution >= 0.6 is 22.6 Å². The van der Waals surface area contributed by atoms with Crippen LogP contribution in [0.2, 0.25) is 0 Å². The van der Waals surface area contributed by atoms with Crippen LogP contribution < -0.4 is 0 Å². The van der Waals surface area contributed by atoms with E-state index in [-0.39, 0.29) is 5.91 Å². The Morgan fingerprint density at radius 2 is 2.32 bits per heavy atom. The SMILES string of the molecule is CCn1cc(CN(C)C(=O)c2[nH]ncc2I)c(C)n1. The van der Waals surface area contributed by atoms with E-state index in [1.165, 1.54) is 0 Å². The number of hydrogen-bond donors (Lipinski definition) is 1. The number of aryl methyl sites for hydroxylation is 2. The highest BCUT2D eigenvalue weighted by molar-refractivity contribution is 14.1. The Morgan fingerprint density at radius 1 is 1.58 bits per heavy atom. The Kier molecular flexibility index (Phi) is 4.23. The van der Waals surface area contributed by atoms with E-state index in [1.807, 2.05) is 24.7 Å². The van der Waals surface area contributed by atoms with Crippen LogP contribution in [0.25, 0.3) is 0 Å². The van der Waals surface area contributed by atoms with E-state index in [0.717, 1.165) is 21.4 Å². The van der Waals surface area contributed by atoms with Crippen LogP contribution in [-0.2, 0) is 13.1 Å². The predicted molar refractivity (Wildman–Crippen MR) is 79.7 cm³/mol. The van der Waals surface area contributed by atoms with E-state index in [4.69, 9.17) is 0 Å². The fourth-order valence-corrected chi connectivity index (χ4v) is 2.31. The number of carbonyl (C=O) groups excluding carboxylic acids is 1. The summed E-state index contributed by atoms with van der Waals surface area (Å²) in [5.74, 6) is -0.0643. The van der Waals surface area contributed by atoms with E-state index < -0.39 is 0 Å². The average Bonchev–Trinajstić information content (AvgIpc) is 2.95. The van der Waals surface area contributed by atoms with Gasteiger partial charge >= 0.3 is 0 Å². The van der Waals surface area contributed by atoms with E-state index in [1.54, 1.807) is 18.1 Å². The van der Waals surface area contributed by atoms with Crippen molar-refractivity contribution in [1.29, 1.82) is 0 Å². The topological polar surface area (TPSA) is 66.8 Å².